The zero-order valence-electron chi connectivity index (χ0n) is 16.4. The molecule has 0 bridgehead atoms. The Bertz CT molecular complexity index is 1180. The van der Waals surface area contributed by atoms with E-state index >= 15 is 0 Å². The maximum atomic E-state index is 14.1. The van der Waals surface area contributed by atoms with Crippen LogP contribution in [-0.2, 0) is 4.57 Å². The largest absolute Gasteiger partial charge is 0.312 e. The van der Waals surface area contributed by atoms with Crippen LogP contribution in [0.25, 0.3) is 11.1 Å². The van der Waals surface area contributed by atoms with Gasteiger partial charge in [0.2, 0.25) is 0 Å². The van der Waals surface area contributed by atoms with Crippen molar-refractivity contribution in [2.45, 2.75) is 0 Å². The first kappa shape index (κ1) is 18.6. The second-order valence-corrected chi connectivity index (χ2v) is 10.1. The zero-order chi connectivity index (χ0) is 20.4. The highest BCUT2D eigenvalue weighted by Gasteiger charge is 2.28. The third-order valence-corrected chi connectivity index (χ3v) is 8.34. The summed E-state index contributed by atoms with van der Waals surface area (Å²) < 4.78 is 14.1. The molecule has 1 aliphatic rings. The molecule has 0 fully saturated rings. The minimum atomic E-state index is -2.87. The highest BCUT2D eigenvalue weighted by atomic mass is 31.2. The van der Waals surface area contributed by atoms with E-state index in [2.05, 4.69) is 29.7 Å². The van der Waals surface area contributed by atoms with E-state index in [1.54, 1.807) is 0 Å². The molecule has 5 rings (SSSR count). The molecule has 1 aliphatic carbocycles. The summed E-state index contributed by atoms with van der Waals surface area (Å²) in [6, 6.07) is 35.9. The van der Waals surface area contributed by atoms with Crippen LogP contribution in [0.15, 0.2) is 114 Å². The minimum absolute atomic E-state index is 0.259. The predicted octanol–water partition coefficient (Wildman–Crippen LogP) is 4.98. The summed E-state index contributed by atoms with van der Waals surface area (Å²) in [4.78, 5) is 0. The number of nitrogens with one attached hydrogen (secondary N) is 1. The third kappa shape index (κ3) is 3.18. The van der Waals surface area contributed by atoms with Gasteiger partial charge in [0.05, 0.1) is 12.0 Å². The van der Waals surface area contributed by atoms with E-state index in [9.17, 15) is 4.57 Å². The molecule has 0 unspecified atom stereocenters. The van der Waals surface area contributed by atoms with Crippen molar-refractivity contribution < 1.29 is 4.57 Å². The average Bonchev–Trinajstić information content (AvgIpc) is 3.14. The van der Waals surface area contributed by atoms with Gasteiger partial charge in [-0.3, -0.25) is 0 Å². The van der Waals surface area contributed by atoms with Crippen LogP contribution in [-0.4, -0.2) is 12.0 Å². The van der Waals surface area contributed by atoms with Crippen molar-refractivity contribution >= 4 is 23.5 Å². The van der Waals surface area contributed by atoms with Crippen molar-refractivity contribution in [1.29, 1.82) is 0 Å². The quantitative estimate of drug-likeness (QED) is 0.329. The number of nitrogens with zero attached hydrogens (tertiary/aromatic N) is 1. The van der Waals surface area contributed by atoms with Crippen LogP contribution in [0.3, 0.4) is 0 Å². The molecule has 0 radical (unpaired) electrons. The predicted molar refractivity (Wildman–Crippen MR) is 125 cm³/mol. The molecule has 0 atom stereocenters. The molecule has 1 N–H and O–H groups in total. The van der Waals surface area contributed by atoms with Crippen molar-refractivity contribution in [3.63, 3.8) is 0 Å². The topological polar surface area (TPSA) is 41.5 Å². The Kier molecular flexibility index (Phi) is 4.82. The van der Waals surface area contributed by atoms with E-state index in [0.717, 1.165) is 27.4 Å². The molecular formula is C26H21N2OP. The van der Waals surface area contributed by atoms with Crippen molar-refractivity contribution in [3.8, 4) is 11.1 Å². The van der Waals surface area contributed by atoms with Crippen LogP contribution in [0.4, 0.5) is 0 Å². The van der Waals surface area contributed by atoms with E-state index in [0.29, 0.717) is 0 Å². The van der Waals surface area contributed by atoms with Gasteiger partial charge in [0.1, 0.15) is 0 Å². The smallest absolute Gasteiger partial charge is 0.162 e. The van der Waals surface area contributed by atoms with Gasteiger partial charge >= 0.3 is 0 Å². The Labute approximate surface area is 176 Å². The van der Waals surface area contributed by atoms with Crippen molar-refractivity contribution in [3.05, 3.63) is 120 Å². The number of hydrazone groups is 1. The molecule has 4 aromatic rings. The van der Waals surface area contributed by atoms with Gasteiger partial charge in [-0.2, -0.15) is 5.10 Å². The first-order valence-electron chi connectivity index (χ1n) is 9.97. The Morgan fingerprint density at radius 1 is 0.567 bits per heavy atom. The molecule has 0 aromatic heterocycles. The number of fused-ring (bicyclic) bond motifs is 3. The first-order valence-corrected chi connectivity index (χ1v) is 11.9. The summed E-state index contributed by atoms with van der Waals surface area (Å²) >= 11 is 0. The highest BCUT2D eigenvalue weighted by Crippen LogP contribution is 2.42. The molecule has 0 saturated heterocycles. The number of benzene rings is 4. The molecule has 0 aliphatic heterocycles. The Hall–Kier alpha value is -3.42. The molecule has 0 saturated carbocycles. The standard InChI is InChI=1S/C26H21N2OP/c29-30(20-11-3-1-4-12-20,21-13-5-2-6-14-21)19-27-28-26-24-17-9-7-15-22(24)23-16-8-10-18-25(23)26/h1-18,27H,19H2. The van der Waals surface area contributed by atoms with E-state index in [1.807, 2.05) is 84.9 Å². The highest BCUT2D eigenvalue weighted by molar-refractivity contribution is 7.78. The van der Waals surface area contributed by atoms with Gasteiger partial charge in [0.25, 0.3) is 0 Å². The average molecular weight is 408 g/mol. The molecule has 4 heteroatoms. The van der Waals surface area contributed by atoms with Gasteiger partial charge in [-0.1, -0.05) is 109 Å². The first-order chi connectivity index (χ1) is 14.8. The summed E-state index contributed by atoms with van der Waals surface area (Å²) in [5.74, 6) is 0. The van der Waals surface area contributed by atoms with Crippen molar-refractivity contribution in [1.82, 2.24) is 5.43 Å². The molecule has 0 amide bonds. The fourth-order valence-corrected chi connectivity index (χ4v) is 6.24. The monoisotopic (exact) mass is 408 g/mol. The summed E-state index contributed by atoms with van der Waals surface area (Å²) in [6.45, 7) is 0. The molecule has 0 heterocycles. The normalized spacial score (nSPS) is 12.2. The van der Waals surface area contributed by atoms with Gasteiger partial charge in [-0.25, -0.2) is 0 Å². The summed E-state index contributed by atoms with van der Waals surface area (Å²) in [5.41, 5.74) is 8.63. The minimum Gasteiger partial charge on any atom is -0.312 e. The Morgan fingerprint density at radius 3 is 1.43 bits per heavy atom. The molecule has 30 heavy (non-hydrogen) atoms. The van der Waals surface area contributed by atoms with Gasteiger partial charge in [-0.05, 0) is 11.1 Å². The summed E-state index contributed by atoms with van der Waals surface area (Å²) in [5, 5.41) is 6.40. The molecule has 0 spiro atoms. The maximum absolute atomic E-state index is 14.1. The molecule has 146 valence electrons. The van der Waals surface area contributed by atoms with E-state index in [4.69, 9.17) is 5.10 Å². The second kappa shape index (κ2) is 7.78. The lowest BCUT2D eigenvalue weighted by Gasteiger charge is -2.19. The summed E-state index contributed by atoms with van der Waals surface area (Å²) in [6.07, 6.45) is 0.259. The second-order valence-electron chi connectivity index (χ2n) is 7.28. The lowest BCUT2D eigenvalue weighted by atomic mass is 10.1. The van der Waals surface area contributed by atoms with E-state index in [-0.39, 0.29) is 6.29 Å². The van der Waals surface area contributed by atoms with Crippen molar-refractivity contribution in [2.75, 3.05) is 6.29 Å². The Balaban J connectivity index is 1.52. The third-order valence-electron chi connectivity index (χ3n) is 5.49. The SMILES string of the molecule is O=P(CNN=C1c2ccccc2-c2ccccc21)(c1ccccc1)c1ccccc1. The zero-order valence-corrected chi connectivity index (χ0v) is 17.3. The van der Waals surface area contributed by atoms with Gasteiger partial charge in [0.15, 0.2) is 7.14 Å². The van der Waals surface area contributed by atoms with E-state index in [1.165, 1.54) is 11.1 Å². The van der Waals surface area contributed by atoms with Gasteiger partial charge in [0, 0.05) is 21.7 Å². The van der Waals surface area contributed by atoms with Crippen molar-refractivity contribution in [2.24, 2.45) is 5.10 Å². The maximum Gasteiger partial charge on any atom is 0.162 e. The number of rotatable bonds is 5. The molecule has 4 aromatic carbocycles. The lowest BCUT2D eigenvalue weighted by molar-refractivity contribution is 0.583. The van der Waals surface area contributed by atoms with E-state index < -0.39 is 7.14 Å². The Morgan fingerprint density at radius 2 is 0.967 bits per heavy atom. The fourth-order valence-electron chi connectivity index (χ4n) is 4.00. The van der Waals surface area contributed by atoms with Gasteiger partial charge < -0.3 is 9.99 Å². The lowest BCUT2D eigenvalue weighted by Crippen LogP contribution is -2.24. The number of hydrogen-bond donors (Lipinski definition) is 1. The van der Waals surface area contributed by atoms with Crippen LogP contribution in [0.2, 0.25) is 0 Å². The number of hydrogen-bond acceptors (Lipinski definition) is 3. The molecule has 3 nitrogen and oxygen atoms in total. The van der Waals surface area contributed by atoms with Crippen LogP contribution in [0.1, 0.15) is 11.1 Å². The van der Waals surface area contributed by atoms with Gasteiger partial charge in [-0.15, -0.1) is 0 Å². The van der Waals surface area contributed by atoms with Crippen LogP contribution < -0.4 is 16.0 Å². The van der Waals surface area contributed by atoms with Crippen LogP contribution in [0.5, 0.6) is 0 Å². The van der Waals surface area contributed by atoms with Crippen LogP contribution >= 0.6 is 7.14 Å². The fraction of sp³-hybridized carbons (Fsp3) is 0.0385. The summed E-state index contributed by atoms with van der Waals surface area (Å²) in [7, 11) is -2.87. The molecular weight excluding hydrogens is 387 g/mol. The van der Waals surface area contributed by atoms with Crippen LogP contribution in [0, 0.1) is 0 Å².